The van der Waals surface area contributed by atoms with Gasteiger partial charge in [-0.1, -0.05) is 19.1 Å². The van der Waals surface area contributed by atoms with Gasteiger partial charge in [0.15, 0.2) is 0 Å². The zero-order valence-electron chi connectivity index (χ0n) is 10.9. The first-order chi connectivity index (χ1) is 7.87. The second kappa shape index (κ2) is 3.84. The van der Waals surface area contributed by atoms with Gasteiger partial charge in [0.1, 0.15) is 0 Å². The molecule has 0 saturated carbocycles. The van der Waals surface area contributed by atoms with Crippen molar-refractivity contribution in [2.45, 2.75) is 45.6 Å². The fraction of sp³-hybridized carbons (Fsp3) is 0.500. The lowest BCUT2D eigenvalue weighted by Crippen LogP contribution is -2.26. The molecule has 1 amide bonds. The van der Waals surface area contributed by atoms with E-state index in [-0.39, 0.29) is 11.9 Å². The number of nitrogens with one attached hydrogen (secondary N) is 1. The lowest BCUT2D eigenvalue weighted by atomic mass is 9.83. The van der Waals surface area contributed by atoms with Crippen LogP contribution in [0.5, 0.6) is 0 Å². The Morgan fingerprint density at radius 1 is 1.41 bits per heavy atom. The molecule has 1 heterocycles. The van der Waals surface area contributed by atoms with Gasteiger partial charge in [0.2, 0.25) is 5.91 Å². The quantitative estimate of drug-likeness (QED) is 0.823. The minimum atomic E-state index is -0.454. The Kier molecular flexibility index (Phi) is 2.74. The van der Waals surface area contributed by atoms with Crippen LogP contribution in [0.4, 0.5) is 5.69 Å². The highest BCUT2D eigenvalue weighted by molar-refractivity contribution is 6.06. The van der Waals surface area contributed by atoms with Crippen LogP contribution in [0.1, 0.15) is 50.4 Å². The highest BCUT2D eigenvalue weighted by Crippen LogP contribution is 2.41. The Balaban J connectivity index is 2.68. The van der Waals surface area contributed by atoms with Crippen molar-refractivity contribution >= 4 is 11.6 Å². The van der Waals surface area contributed by atoms with Gasteiger partial charge >= 0.3 is 0 Å². The largest absolute Gasteiger partial charge is 0.325 e. The smallest absolute Gasteiger partial charge is 0.234 e. The monoisotopic (exact) mass is 232 g/mol. The summed E-state index contributed by atoms with van der Waals surface area (Å²) in [7, 11) is 0. The molecule has 0 radical (unpaired) electrons. The number of anilines is 1. The summed E-state index contributed by atoms with van der Waals surface area (Å²) < 4.78 is 0. The third kappa shape index (κ3) is 1.75. The molecule has 3 N–H and O–H groups in total. The number of aryl methyl sites for hydroxylation is 1. The third-order valence-corrected chi connectivity index (χ3v) is 3.61. The van der Waals surface area contributed by atoms with Gasteiger partial charge < -0.3 is 11.1 Å². The highest BCUT2D eigenvalue weighted by Gasteiger charge is 2.39. The van der Waals surface area contributed by atoms with Crippen LogP contribution < -0.4 is 11.1 Å². The zero-order valence-corrected chi connectivity index (χ0v) is 10.9. The van der Waals surface area contributed by atoms with Crippen LogP contribution in [0.25, 0.3) is 0 Å². The van der Waals surface area contributed by atoms with Crippen molar-refractivity contribution in [2.75, 3.05) is 5.32 Å². The average Bonchev–Trinajstić information content (AvgIpc) is 2.49. The van der Waals surface area contributed by atoms with E-state index in [1.807, 2.05) is 20.8 Å². The maximum Gasteiger partial charge on any atom is 0.234 e. The van der Waals surface area contributed by atoms with Gasteiger partial charge in [-0.25, -0.2) is 0 Å². The van der Waals surface area contributed by atoms with Crippen molar-refractivity contribution in [1.29, 1.82) is 0 Å². The van der Waals surface area contributed by atoms with Crippen LogP contribution in [-0.4, -0.2) is 5.91 Å². The molecule has 1 atom stereocenters. The molecule has 3 heteroatoms. The number of fused-ring (bicyclic) bond motifs is 1. The van der Waals surface area contributed by atoms with Crippen molar-refractivity contribution in [1.82, 2.24) is 0 Å². The first-order valence-corrected chi connectivity index (χ1v) is 6.12. The summed E-state index contributed by atoms with van der Waals surface area (Å²) in [4.78, 5) is 12.0. The van der Waals surface area contributed by atoms with Gasteiger partial charge in [-0.3, -0.25) is 4.79 Å². The van der Waals surface area contributed by atoms with Crippen LogP contribution in [0.3, 0.4) is 0 Å². The van der Waals surface area contributed by atoms with Gasteiger partial charge in [0.05, 0.1) is 5.41 Å². The lowest BCUT2D eigenvalue weighted by Gasteiger charge is -2.18. The third-order valence-electron chi connectivity index (χ3n) is 3.61. The number of nitrogens with two attached hydrogens (primary N) is 1. The molecular formula is C14H20N2O. The van der Waals surface area contributed by atoms with Gasteiger partial charge in [0, 0.05) is 11.7 Å². The summed E-state index contributed by atoms with van der Waals surface area (Å²) in [6, 6.07) is 4.16. The molecule has 0 spiro atoms. The molecule has 1 aromatic carbocycles. The molecule has 3 nitrogen and oxygen atoms in total. The van der Waals surface area contributed by atoms with Gasteiger partial charge in [-0.2, -0.15) is 0 Å². The molecule has 1 unspecified atom stereocenters. The van der Waals surface area contributed by atoms with Crippen LogP contribution in [0.15, 0.2) is 12.1 Å². The Hall–Kier alpha value is -1.35. The number of hydrogen-bond donors (Lipinski definition) is 2. The van der Waals surface area contributed by atoms with Crippen molar-refractivity contribution in [3.63, 3.8) is 0 Å². The van der Waals surface area contributed by atoms with Crippen molar-refractivity contribution in [2.24, 2.45) is 5.73 Å². The number of benzene rings is 1. The molecule has 1 aromatic rings. The molecule has 2 rings (SSSR count). The van der Waals surface area contributed by atoms with Crippen molar-refractivity contribution < 1.29 is 4.79 Å². The van der Waals surface area contributed by atoms with Crippen molar-refractivity contribution in [3.05, 3.63) is 28.8 Å². The fourth-order valence-electron chi connectivity index (χ4n) is 2.31. The van der Waals surface area contributed by atoms with E-state index in [0.717, 1.165) is 23.2 Å². The molecular weight excluding hydrogens is 212 g/mol. The first-order valence-electron chi connectivity index (χ1n) is 6.12. The van der Waals surface area contributed by atoms with Crippen molar-refractivity contribution in [3.8, 4) is 0 Å². The molecule has 0 aliphatic carbocycles. The number of hydrogen-bond acceptors (Lipinski definition) is 2. The topological polar surface area (TPSA) is 55.1 Å². The van der Waals surface area contributed by atoms with Crippen LogP contribution in [-0.2, 0) is 16.6 Å². The van der Waals surface area contributed by atoms with E-state index >= 15 is 0 Å². The van der Waals surface area contributed by atoms with E-state index in [1.54, 1.807) is 0 Å². The Morgan fingerprint density at radius 2 is 2.06 bits per heavy atom. The van der Waals surface area contributed by atoms with Gasteiger partial charge in [-0.15, -0.1) is 0 Å². The Morgan fingerprint density at radius 3 is 2.59 bits per heavy atom. The normalized spacial score (nSPS) is 18.8. The molecule has 0 fully saturated rings. The van der Waals surface area contributed by atoms with E-state index in [1.165, 1.54) is 5.56 Å². The summed E-state index contributed by atoms with van der Waals surface area (Å²) in [5.41, 5.74) is 9.82. The molecule has 0 bridgehead atoms. The number of amides is 1. The SMILES string of the molecule is CCc1cc(C(C)N)c2c(c1)C(C)(C)C(=O)N2. The van der Waals surface area contributed by atoms with Crippen LogP contribution in [0.2, 0.25) is 0 Å². The van der Waals surface area contributed by atoms with E-state index in [4.69, 9.17) is 5.73 Å². The van der Waals surface area contributed by atoms with Crippen LogP contribution in [0, 0.1) is 0 Å². The molecule has 0 aromatic heterocycles. The van der Waals surface area contributed by atoms with Gasteiger partial charge in [-0.05, 0) is 43.9 Å². The standard InChI is InChI=1S/C14H20N2O/c1-5-9-6-10(8(2)15)12-11(7-9)14(3,4)13(17)16-12/h6-8H,5,15H2,1-4H3,(H,16,17). The lowest BCUT2D eigenvalue weighted by molar-refractivity contribution is -0.119. The summed E-state index contributed by atoms with van der Waals surface area (Å²) in [5, 5.41) is 2.97. The Bertz CT molecular complexity index is 475. The second-order valence-electron chi connectivity index (χ2n) is 5.33. The molecule has 17 heavy (non-hydrogen) atoms. The second-order valence-corrected chi connectivity index (χ2v) is 5.33. The first kappa shape index (κ1) is 12.1. The maximum atomic E-state index is 12.0. The number of carbonyl (C=O) groups excluding carboxylic acids is 1. The van der Waals surface area contributed by atoms with Gasteiger partial charge in [0.25, 0.3) is 0 Å². The summed E-state index contributed by atoms with van der Waals surface area (Å²) in [6.45, 7) is 7.98. The number of carbonyl (C=O) groups is 1. The average molecular weight is 232 g/mol. The fourth-order valence-corrected chi connectivity index (χ4v) is 2.31. The molecule has 1 aliphatic rings. The van der Waals surface area contributed by atoms with E-state index in [2.05, 4.69) is 24.4 Å². The summed E-state index contributed by atoms with van der Waals surface area (Å²) >= 11 is 0. The minimum Gasteiger partial charge on any atom is -0.325 e. The van der Waals surface area contributed by atoms with E-state index in [0.29, 0.717) is 0 Å². The molecule has 0 saturated heterocycles. The predicted octanol–water partition coefficient (Wildman–Crippen LogP) is 2.50. The van der Waals surface area contributed by atoms with E-state index < -0.39 is 5.41 Å². The Labute approximate surface area is 102 Å². The minimum absolute atomic E-state index is 0.0580. The number of rotatable bonds is 2. The highest BCUT2D eigenvalue weighted by atomic mass is 16.2. The molecule has 1 aliphatic heterocycles. The summed E-state index contributed by atoms with van der Waals surface area (Å²) in [6.07, 6.45) is 0.956. The maximum absolute atomic E-state index is 12.0. The predicted molar refractivity (Wildman–Crippen MR) is 70.1 cm³/mol. The zero-order chi connectivity index (χ0) is 12.8. The summed E-state index contributed by atoms with van der Waals surface area (Å²) in [5.74, 6) is 0.0580. The van der Waals surface area contributed by atoms with E-state index in [9.17, 15) is 4.79 Å². The molecule has 92 valence electrons. The van der Waals surface area contributed by atoms with Crippen LogP contribution >= 0.6 is 0 Å².